The number of halogens is 1. The van der Waals surface area contributed by atoms with Crippen molar-refractivity contribution >= 4 is 5.69 Å². The minimum atomic E-state index is -0.350. The number of rotatable bonds is 3. The highest BCUT2D eigenvalue weighted by Crippen LogP contribution is 2.11. The fraction of sp³-hybridized carbons (Fsp3) is 0.500. The molecule has 0 spiro atoms. The Morgan fingerprint density at radius 3 is 2.24 bits per heavy atom. The van der Waals surface area contributed by atoms with E-state index in [1.807, 2.05) is 12.1 Å². The second-order valence-corrected chi connectivity index (χ2v) is 4.41. The molecule has 1 aromatic rings. The summed E-state index contributed by atoms with van der Waals surface area (Å²) in [6.07, 6.45) is 3.97. The first-order valence-corrected chi connectivity index (χ1v) is 5.82. The quantitative estimate of drug-likeness (QED) is 0.527. The fourth-order valence-electron chi connectivity index (χ4n) is 2.25. The first-order chi connectivity index (χ1) is 7.75. The van der Waals surface area contributed by atoms with Gasteiger partial charge in [-0.25, -0.2) is 0 Å². The molecule has 1 saturated heterocycles. The van der Waals surface area contributed by atoms with Gasteiger partial charge in [-0.05, 0) is 31.4 Å². The molecule has 0 aromatic heterocycles. The van der Waals surface area contributed by atoms with Gasteiger partial charge < -0.3 is 21.9 Å². The van der Waals surface area contributed by atoms with E-state index < -0.39 is 0 Å². The molecule has 0 amide bonds. The summed E-state index contributed by atoms with van der Waals surface area (Å²) in [5.41, 5.74) is 1.37. The van der Waals surface area contributed by atoms with E-state index in [1.165, 1.54) is 37.9 Å². The molecule has 2 rings (SSSR count). The van der Waals surface area contributed by atoms with Crippen LogP contribution in [0.25, 0.3) is 0 Å². The lowest BCUT2D eigenvalue weighted by molar-refractivity contribution is -0.918. The molecule has 1 aromatic carbocycles. The fourth-order valence-corrected chi connectivity index (χ4v) is 2.25. The van der Waals surface area contributed by atoms with Crippen LogP contribution in [0.5, 0.6) is 0 Å². The van der Waals surface area contributed by atoms with Gasteiger partial charge >= 0.3 is 0 Å². The summed E-state index contributed by atoms with van der Waals surface area (Å²) in [4.78, 5) is 11.8. The smallest absolute Gasteiger partial charge is 0.269 e. The number of nitrogens with one attached hydrogen (secondary N) is 1. The lowest BCUT2D eigenvalue weighted by Crippen LogP contribution is -3.11. The first-order valence-electron chi connectivity index (χ1n) is 5.82. The van der Waals surface area contributed by atoms with Gasteiger partial charge in [0.25, 0.3) is 5.69 Å². The number of nitrogens with zero attached hydrogens (tertiary/aromatic N) is 1. The minimum Gasteiger partial charge on any atom is -1.00 e. The Morgan fingerprint density at radius 2 is 1.71 bits per heavy atom. The van der Waals surface area contributed by atoms with E-state index in [0.29, 0.717) is 0 Å². The van der Waals surface area contributed by atoms with Crippen molar-refractivity contribution in [3.63, 3.8) is 0 Å². The van der Waals surface area contributed by atoms with E-state index in [0.717, 1.165) is 6.54 Å². The van der Waals surface area contributed by atoms with Crippen molar-refractivity contribution in [2.75, 3.05) is 13.1 Å². The Labute approximate surface area is 112 Å². The third-order valence-electron chi connectivity index (χ3n) is 3.16. The van der Waals surface area contributed by atoms with Crippen molar-refractivity contribution in [3.8, 4) is 0 Å². The minimum absolute atomic E-state index is 0. The average molecular weight is 301 g/mol. The first kappa shape index (κ1) is 14.1. The Kier molecular flexibility index (Phi) is 5.58. The summed E-state index contributed by atoms with van der Waals surface area (Å²) in [5.74, 6) is 0. The molecule has 4 nitrogen and oxygen atoms in total. The molecule has 0 radical (unpaired) electrons. The average Bonchev–Trinajstić information content (AvgIpc) is 2.31. The van der Waals surface area contributed by atoms with Crippen LogP contribution in [0.2, 0.25) is 0 Å². The summed E-state index contributed by atoms with van der Waals surface area (Å²) in [7, 11) is 0. The Balaban J connectivity index is 0.00000144. The number of non-ortho nitro benzene ring substituents is 1. The van der Waals surface area contributed by atoms with Crippen LogP contribution in [-0.2, 0) is 6.54 Å². The topological polar surface area (TPSA) is 47.6 Å². The summed E-state index contributed by atoms with van der Waals surface area (Å²) >= 11 is 0. The van der Waals surface area contributed by atoms with Crippen LogP contribution < -0.4 is 21.9 Å². The van der Waals surface area contributed by atoms with Crippen molar-refractivity contribution in [1.82, 2.24) is 0 Å². The van der Waals surface area contributed by atoms with Crippen molar-refractivity contribution in [3.05, 3.63) is 39.9 Å². The second-order valence-electron chi connectivity index (χ2n) is 4.41. The summed E-state index contributed by atoms with van der Waals surface area (Å²) < 4.78 is 0. The standard InChI is InChI=1S/C12H16N2O2.BrH/c15-14(16)12-6-4-11(5-7-12)10-13-8-2-1-3-9-13;/h4-7H,1-3,8-10H2;1H. The van der Waals surface area contributed by atoms with Gasteiger partial charge in [0.15, 0.2) is 0 Å². The molecule has 17 heavy (non-hydrogen) atoms. The molecule has 0 unspecified atom stereocenters. The van der Waals surface area contributed by atoms with Crippen LogP contribution in [-0.4, -0.2) is 18.0 Å². The summed E-state index contributed by atoms with van der Waals surface area (Å²) in [5, 5.41) is 10.5. The molecule has 0 saturated carbocycles. The van der Waals surface area contributed by atoms with Crippen LogP contribution >= 0.6 is 0 Å². The normalized spacial score (nSPS) is 16.2. The van der Waals surface area contributed by atoms with Gasteiger partial charge in [0, 0.05) is 17.7 Å². The van der Waals surface area contributed by atoms with Gasteiger partial charge in [0.2, 0.25) is 0 Å². The molecule has 0 aliphatic carbocycles. The molecule has 0 atom stereocenters. The molecule has 1 N–H and O–H groups in total. The van der Waals surface area contributed by atoms with E-state index in [4.69, 9.17) is 0 Å². The van der Waals surface area contributed by atoms with Gasteiger partial charge in [-0.3, -0.25) is 10.1 Å². The zero-order valence-electron chi connectivity index (χ0n) is 9.69. The predicted molar refractivity (Wildman–Crippen MR) is 61.3 cm³/mol. The zero-order chi connectivity index (χ0) is 11.4. The summed E-state index contributed by atoms with van der Waals surface area (Å²) in [6, 6.07) is 6.94. The molecule has 1 fully saturated rings. The number of nitro groups is 1. The molecule has 0 bridgehead atoms. The van der Waals surface area contributed by atoms with Gasteiger partial charge in [-0.2, -0.15) is 0 Å². The number of nitro benzene ring substituents is 1. The van der Waals surface area contributed by atoms with Gasteiger partial charge in [0.1, 0.15) is 6.54 Å². The number of hydrogen-bond acceptors (Lipinski definition) is 2. The molecule has 5 heteroatoms. The molecule has 1 aliphatic heterocycles. The highest BCUT2D eigenvalue weighted by atomic mass is 79.9. The van der Waals surface area contributed by atoms with Crippen molar-refractivity contribution in [2.24, 2.45) is 0 Å². The molecule has 1 aliphatic rings. The van der Waals surface area contributed by atoms with E-state index in [1.54, 1.807) is 17.0 Å². The maximum atomic E-state index is 10.5. The Morgan fingerprint density at radius 1 is 1.12 bits per heavy atom. The van der Waals surface area contributed by atoms with Crippen LogP contribution in [0.15, 0.2) is 24.3 Å². The highest BCUT2D eigenvalue weighted by molar-refractivity contribution is 5.32. The van der Waals surface area contributed by atoms with Crippen molar-refractivity contribution in [1.29, 1.82) is 0 Å². The van der Waals surface area contributed by atoms with E-state index in [-0.39, 0.29) is 27.6 Å². The largest absolute Gasteiger partial charge is 1.00 e. The third-order valence-corrected chi connectivity index (χ3v) is 3.16. The number of quaternary nitrogens is 1. The maximum Gasteiger partial charge on any atom is 0.269 e. The molecule has 94 valence electrons. The SMILES string of the molecule is O=[N+]([O-])c1ccc(C[NH+]2CCCCC2)cc1.[Br-]. The maximum absolute atomic E-state index is 10.5. The van der Waals surface area contributed by atoms with Crippen LogP contribution in [0.4, 0.5) is 5.69 Å². The number of piperidine rings is 1. The van der Waals surface area contributed by atoms with Crippen molar-refractivity contribution in [2.45, 2.75) is 25.8 Å². The third kappa shape index (κ3) is 4.09. The van der Waals surface area contributed by atoms with Gasteiger partial charge in [-0.1, -0.05) is 0 Å². The Hall–Kier alpha value is -0.940. The monoisotopic (exact) mass is 300 g/mol. The van der Waals surface area contributed by atoms with Gasteiger partial charge in [-0.15, -0.1) is 0 Å². The van der Waals surface area contributed by atoms with E-state index >= 15 is 0 Å². The molecular formula is C12H17BrN2O2. The van der Waals surface area contributed by atoms with E-state index in [9.17, 15) is 10.1 Å². The molecular weight excluding hydrogens is 284 g/mol. The lowest BCUT2D eigenvalue weighted by Gasteiger charge is -2.23. The summed E-state index contributed by atoms with van der Waals surface area (Å²) in [6.45, 7) is 3.46. The van der Waals surface area contributed by atoms with Crippen LogP contribution in [0, 0.1) is 10.1 Å². The van der Waals surface area contributed by atoms with Crippen molar-refractivity contribution < 1.29 is 26.8 Å². The number of likely N-dealkylation sites (tertiary alicyclic amines) is 1. The van der Waals surface area contributed by atoms with E-state index in [2.05, 4.69) is 0 Å². The Bertz CT molecular complexity index is 361. The van der Waals surface area contributed by atoms with Gasteiger partial charge in [0.05, 0.1) is 18.0 Å². The second kappa shape index (κ2) is 6.71. The number of benzene rings is 1. The zero-order valence-corrected chi connectivity index (χ0v) is 11.3. The number of hydrogen-bond donors (Lipinski definition) is 1. The van der Waals surface area contributed by atoms with Crippen LogP contribution in [0.3, 0.4) is 0 Å². The van der Waals surface area contributed by atoms with Crippen LogP contribution in [0.1, 0.15) is 24.8 Å². The predicted octanol–water partition coefficient (Wildman–Crippen LogP) is -1.83. The lowest BCUT2D eigenvalue weighted by atomic mass is 10.1. The highest BCUT2D eigenvalue weighted by Gasteiger charge is 2.14. The molecule has 1 heterocycles.